The standard InChI is InChI=1S/C20H22Br2N2O2/c1-4-7-26-20-17(21)9-15(10-18(20)22)12-23-24-19(25)11-16-6-5-13(2)8-14(16)3/h5-6,8-10,12H,4,7,11H2,1-3H3,(H,24,25)/b23-12+. The van der Waals surface area contributed by atoms with Crippen molar-refractivity contribution in [3.05, 3.63) is 61.5 Å². The van der Waals surface area contributed by atoms with Gasteiger partial charge >= 0.3 is 0 Å². The fourth-order valence-electron chi connectivity index (χ4n) is 2.43. The Morgan fingerprint density at radius 1 is 1.19 bits per heavy atom. The summed E-state index contributed by atoms with van der Waals surface area (Å²) >= 11 is 7.01. The first-order valence-electron chi connectivity index (χ1n) is 8.40. The Morgan fingerprint density at radius 2 is 1.88 bits per heavy atom. The van der Waals surface area contributed by atoms with Crippen LogP contribution in [0.4, 0.5) is 0 Å². The van der Waals surface area contributed by atoms with Gasteiger partial charge in [-0.2, -0.15) is 5.10 Å². The molecule has 4 nitrogen and oxygen atoms in total. The van der Waals surface area contributed by atoms with Gasteiger partial charge in [0.2, 0.25) is 5.91 Å². The molecule has 0 aliphatic carbocycles. The second kappa shape index (κ2) is 9.88. The van der Waals surface area contributed by atoms with E-state index < -0.39 is 0 Å². The molecular weight excluding hydrogens is 460 g/mol. The quantitative estimate of drug-likeness (QED) is 0.430. The summed E-state index contributed by atoms with van der Waals surface area (Å²) in [6, 6.07) is 9.86. The SMILES string of the molecule is CCCOc1c(Br)cc(/C=N/NC(=O)Cc2ccc(C)cc2C)cc1Br. The molecule has 1 N–H and O–H groups in total. The molecule has 0 aromatic heterocycles. The minimum atomic E-state index is -0.144. The molecule has 2 aromatic carbocycles. The maximum absolute atomic E-state index is 12.1. The van der Waals surface area contributed by atoms with Crippen molar-refractivity contribution in [1.82, 2.24) is 5.43 Å². The molecule has 26 heavy (non-hydrogen) atoms. The predicted octanol–water partition coefficient (Wildman–Crippen LogP) is 5.31. The van der Waals surface area contributed by atoms with Crippen molar-refractivity contribution in [1.29, 1.82) is 0 Å². The van der Waals surface area contributed by atoms with Gasteiger partial charge in [-0.1, -0.05) is 30.7 Å². The Hall–Kier alpha value is -1.66. The molecule has 0 unspecified atom stereocenters. The maximum Gasteiger partial charge on any atom is 0.244 e. The number of hydrogen-bond acceptors (Lipinski definition) is 3. The molecule has 138 valence electrons. The first kappa shape index (κ1) is 20.6. The zero-order chi connectivity index (χ0) is 19.1. The smallest absolute Gasteiger partial charge is 0.244 e. The molecule has 0 heterocycles. The van der Waals surface area contributed by atoms with Crippen LogP contribution < -0.4 is 10.2 Å². The summed E-state index contributed by atoms with van der Waals surface area (Å²) in [5.74, 6) is 0.622. The third kappa shape index (κ3) is 5.95. The van der Waals surface area contributed by atoms with Crippen LogP contribution in [0.3, 0.4) is 0 Å². The Morgan fingerprint density at radius 3 is 2.50 bits per heavy atom. The molecule has 2 rings (SSSR count). The van der Waals surface area contributed by atoms with E-state index in [0.717, 1.165) is 37.8 Å². The van der Waals surface area contributed by atoms with Crippen molar-refractivity contribution >= 4 is 44.0 Å². The first-order chi connectivity index (χ1) is 12.4. The van der Waals surface area contributed by atoms with E-state index in [1.807, 2.05) is 38.1 Å². The van der Waals surface area contributed by atoms with Crippen LogP contribution in [0.15, 0.2) is 44.4 Å². The largest absolute Gasteiger partial charge is 0.491 e. The molecule has 0 bridgehead atoms. The van der Waals surface area contributed by atoms with Gasteiger partial charge in [0, 0.05) is 0 Å². The van der Waals surface area contributed by atoms with Crippen molar-refractivity contribution < 1.29 is 9.53 Å². The van der Waals surface area contributed by atoms with Gasteiger partial charge in [-0.15, -0.1) is 0 Å². The van der Waals surface area contributed by atoms with Gasteiger partial charge < -0.3 is 4.74 Å². The van der Waals surface area contributed by atoms with Crippen LogP contribution in [0.25, 0.3) is 0 Å². The second-order valence-electron chi connectivity index (χ2n) is 6.06. The van der Waals surface area contributed by atoms with E-state index in [-0.39, 0.29) is 5.91 Å². The highest BCUT2D eigenvalue weighted by Crippen LogP contribution is 2.34. The van der Waals surface area contributed by atoms with Gasteiger partial charge in [-0.05, 0) is 81.0 Å². The Kier molecular flexibility index (Phi) is 7.85. The number of ether oxygens (including phenoxy) is 1. The zero-order valence-electron chi connectivity index (χ0n) is 15.1. The number of nitrogens with one attached hydrogen (secondary N) is 1. The van der Waals surface area contributed by atoms with Crippen LogP contribution in [0.5, 0.6) is 5.75 Å². The van der Waals surface area contributed by atoms with Crippen molar-refractivity contribution in [2.75, 3.05) is 6.61 Å². The molecule has 0 radical (unpaired) electrons. The van der Waals surface area contributed by atoms with E-state index in [4.69, 9.17) is 4.74 Å². The number of halogens is 2. The Bertz CT molecular complexity index is 796. The van der Waals surface area contributed by atoms with Crippen LogP contribution in [0.2, 0.25) is 0 Å². The van der Waals surface area contributed by atoms with Gasteiger partial charge in [0.15, 0.2) is 0 Å². The average Bonchev–Trinajstić information content (AvgIpc) is 2.57. The van der Waals surface area contributed by atoms with Crippen LogP contribution in [-0.2, 0) is 11.2 Å². The Balaban J connectivity index is 1.98. The number of hydrogen-bond donors (Lipinski definition) is 1. The topological polar surface area (TPSA) is 50.7 Å². The highest BCUT2D eigenvalue weighted by molar-refractivity contribution is 9.11. The molecule has 1 amide bonds. The summed E-state index contributed by atoms with van der Waals surface area (Å²) in [5.41, 5.74) is 6.73. The van der Waals surface area contributed by atoms with Gasteiger partial charge in [0.25, 0.3) is 0 Å². The molecule has 2 aromatic rings. The molecular formula is C20H22Br2N2O2. The highest BCUT2D eigenvalue weighted by Gasteiger charge is 2.08. The van der Waals surface area contributed by atoms with E-state index >= 15 is 0 Å². The highest BCUT2D eigenvalue weighted by atomic mass is 79.9. The number of amides is 1. The van der Waals surface area contributed by atoms with Gasteiger partial charge in [0.1, 0.15) is 5.75 Å². The predicted molar refractivity (Wildman–Crippen MR) is 113 cm³/mol. The van der Waals surface area contributed by atoms with Crippen molar-refractivity contribution in [3.8, 4) is 5.75 Å². The third-order valence-corrected chi connectivity index (χ3v) is 4.90. The number of carbonyl (C=O) groups is 1. The van der Waals surface area contributed by atoms with E-state index in [1.165, 1.54) is 5.56 Å². The number of rotatable bonds is 7. The monoisotopic (exact) mass is 480 g/mol. The second-order valence-corrected chi connectivity index (χ2v) is 7.77. The number of aryl methyl sites for hydroxylation is 2. The summed E-state index contributed by atoms with van der Waals surface area (Å²) in [6.45, 7) is 6.76. The lowest BCUT2D eigenvalue weighted by atomic mass is 10.0. The minimum Gasteiger partial charge on any atom is -0.491 e. The summed E-state index contributed by atoms with van der Waals surface area (Å²) in [5, 5.41) is 4.05. The van der Waals surface area contributed by atoms with E-state index in [0.29, 0.717) is 13.0 Å². The summed E-state index contributed by atoms with van der Waals surface area (Å²) in [7, 11) is 0. The molecule has 0 spiro atoms. The molecule has 0 saturated carbocycles. The fourth-order valence-corrected chi connectivity index (χ4v) is 3.88. The lowest BCUT2D eigenvalue weighted by molar-refractivity contribution is -0.120. The van der Waals surface area contributed by atoms with Gasteiger partial charge in [0.05, 0.1) is 28.2 Å². The molecule has 0 saturated heterocycles. The normalized spacial score (nSPS) is 11.0. The van der Waals surface area contributed by atoms with E-state index in [9.17, 15) is 4.79 Å². The van der Waals surface area contributed by atoms with Crippen LogP contribution in [-0.4, -0.2) is 18.7 Å². The lowest BCUT2D eigenvalue weighted by Crippen LogP contribution is -2.20. The van der Waals surface area contributed by atoms with E-state index in [2.05, 4.69) is 55.4 Å². The fraction of sp³-hybridized carbons (Fsp3) is 0.300. The third-order valence-electron chi connectivity index (χ3n) is 3.72. The van der Waals surface area contributed by atoms with Crippen LogP contribution >= 0.6 is 31.9 Å². The van der Waals surface area contributed by atoms with E-state index in [1.54, 1.807) is 6.21 Å². The van der Waals surface area contributed by atoms with Crippen molar-refractivity contribution in [3.63, 3.8) is 0 Å². The lowest BCUT2D eigenvalue weighted by Gasteiger charge is -2.10. The molecule has 0 aliphatic rings. The Labute approximate surface area is 171 Å². The number of nitrogens with zero attached hydrogens (tertiary/aromatic N) is 1. The molecule has 0 aliphatic heterocycles. The molecule has 0 atom stereocenters. The number of benzene rings is 2. The van der Waals surface area contributed by atoms with Crippen LogP contribution in [0.1, 0.15) is 35.6 Å². The number of hydrazone groups is 1. The molecule has 6 heteroatoms. The van der Waals surface area contributed by atoms with Crippen LogP contribution in [0, 0.1) is 13.8 Å². The molecule has 0 fully saturated rings. The maximum atomic E-state index is 12.1. The summed E-state index contributed by atoms with van der Waals surface area (Å²) in [6.07, 6.45) is 2.86. The zero-order valence-corrected chi connectivity index (χ0v) is 18.3. The van der Waals surface area contributed by atoms with Crippen molar-refractivity contribution in [2.24, 2.45) is 5.10 Å². The number of carbonyl (C=O) groups excluding carboxylic acids is 1. The van der Waals surface area contributed by atoms with Crippen molar-refractivity contribution in [2.45, 2.75) is 33.6 Å². The average molecular weight is 482 g/mol. The minimum absolute atomic E-state index is 0.144. The first-order valence-corrected chi connectivity index (χ1v) is 9.99. The summed E-state index contributed by atoms with van der Waals surface area (Å²) < 4.78 is 7.37. The van der Waals surface area contributed by atoms with Gasteiger partial charge in [-0.25, -0.2) is 5.43 Å². The summed E-state index contributed by atoms with van der Waals surface area (Å²) in [4.78, 5) is 12.1. The van der Waals surface area contributed by atoms with Gasteiger partial charge in [-0.3, -0.25) is 4.79 Å².